The van der Waals surface area contributed by atoms with Gasteiger partial charge in [-0.25, -0.2) is 0 Å². The van der Waals surface area contributed by atoms with Crippen LogP contribution in [0.2, 0.25) is 0 Å². The molecule has 6 heteroatoms. The Morgan fingerprint density at radius 3 is 2.92 bits per heavy atom. The molecule has 0 aliphatic rings. The average molecular weight is 171 g/mol. The molecule has 0 spiro atoms. The zero-order chi connectivity index (χ0) is 9.23. The molecule has 0 rings (SSSR count). The number of hydrogen-bond acceptors (Lipinski definition) is 3. The molecule has 3 N–H and O–H groups in total. The number of unbranched alkanes of at least 4 members (excludes halogenated alkanes) is 1. The molecule has 68 valence electrons. The van der Waals surface area contributed by atoms with Crippen molar-refractivity contribution in [2.75, 3.05) is 6.54 Å². The van der Waals surface area contributed by atoms with Gasteiger partial charge in [-0.3, -0.25) is 10.2 Å². The molecule has 0 amide bonds. The Bertz CT molecular complexity index is 165. The first-order chi connectivity index (χ1) is 5.85. The second-order valence-electron chi connectivity index (χ2n) is 2.35. The van der Waals surface area contributed by atoms with Gasteiger partial charge in [0.05, 0.1) is 0 Å². The van der Waals surface area contributed by atoms with E-state index in [1.54, 1.807) is 0 Å². The Labute approximate surface area is 70.7 Å². The van der Waals surface area contributed by atoms with Crippen LogP contribution in [-0.2, 0) is 4.79 Å². The maximum Gasteiger partial charge on any atom is 0.164 e. The molecule has 0 aromatic carbocycles. The van der Waals surface area contributed by atoms with Crippen molar-refractivity contribution < 1.29 is 4.79 Å². The Kier molecular flexibility index (Phi) is 7.02. The molecule has 0 fully saturated rings. The van der Waals surface area contributed by atoms with Gasteiger partial charge in [0.15, 0.2) is 12.3 Å². The molecule has 1 atom stereocenters. The van der Waals surface area contributed by atoms with Gasteiger partial charge in [0, 0.05) is 0 Å². The lowest BCUT2D eigenvalue weighted by molar-refractivity contribution is -0.109. The quantitative estimate of drug-likeness (QED) is 0.145. The first-order valence-electron chi connectivity index (χ1n) is 3.80. The van der Waals surface area contributed by atoms with E-state index in [0.717, 1.165) is 19.1 Å². The molecule has 0 unspecified atom stereocenters. The van der Waals surface area contributed by atoms with Crippen LogP contribution in [0.25, 0.3) is 10.4 Å². The summed E-state index contributed by atoms with van der Waals surface area (Å²) in [6, 6.07) is -0.382. The minimum Gasteiger partial charge on any atom is -0.330 e. The third-order valence-corrected chi connectivity index (χ3v) is 1.40. The van der Waals surface area contributed by atoms with E-state index >= 15 is 0 Å². The van der Waals surface area contributed by atoms with Crippen LogP contribution in [0.4, 0.5) is 0 Å². The number of nitrogens with one attached hydrogen (secondary N) is 1. The fraction of sp³-hybridized carbons (Fsp3) is 0.833. The number of carbonyl (C=O) groups excluding carboxylic acids is 1. The average Bonchev–Trinajstić information content (AvgIpc) is 2.11. The molecular formula is C6H13N5O. The summed E-state index contributed by atoms with van der Waals surface area (Å²) in [7, 11) is 0. The second kappa shape index (κ2) is 7.84. The number of aldehydes is 1. The number of carbonyl (C=O) groups is 1. The van der Waals surface area contributed by atoms with Gasteiger partial charge in [0.25, 0.3) is 0 Å². The molecule has 6 nitrogen and oxygen atoms in total. The van der Waals surface area contributed by atoms with Crippen molar-refractivity contribution in [1.29, 1.82) is 0 Å². The van der Waals surface area contributed by atoms with Crippen LogP contribution >= 0.6 is 0 Å². The van der Waals surface area contributed by atoms with Crippen LogP contribution < -0.4 is 11.2 Å². The van der Waals surface area contributed by atoms with Gasteiger partial charge in [-0.15, -0.1) is 5.53 Å². The molecule has 0 aliphatic carbocycles. The van der Waals surface area contributed by atoms with Crippen LogP contribution in [0.15, 0.2) is 5.22 Å². The van der Waals surface area contributed by atoms with Crippen LogP contribution in [0.3, 0.4) is 0 Å². The van der Waals surface area contributed by atoms with E-state index in [0.29, 0.717) is 13.0 Å². The summed E-state index contributed by atoms with van der Waals surface area (Å²) in [5, 5.41) is 3.09. The Morgan fingerprint density at radius 2 is 2.42 bits per heavy atom. The van der Waals surface area contributed by atoms with Gasteiger partial charge in [-0.1, -0.05) is 0 Å². The smallest absolute Gasteiger partial charge is 0.164 e. The standard InChI is InChI=1S/C6H13N5O/c7-4-2-1-3-6(5-12)9-11-10-8/h5-6,9H,1-4,7H2/t6-/m0/s1. The van der Waals surface area contributed by atoms with Crippen molar-refractivity contribution in [2.45, 2.75) is 25.3 Å². The molecule has 0 aromatic heterocycles. The summed E-state index contributed by atoms with van der Waals surface area (Å²) in [5.74, 6) is 0. The first kappa shape index (κ1) is 10.7. The molecule has 0 aliphatic heterocycles. The van der Waals surface area contributed by atoms with E-state index in [2.05, 4.69) is 15.6 Å². The topological polar surface area (TPSA) is 104 Å². The largest absolute Gasteiger partial charge is 0.330 e. The number of azide groups is 1. The summed E-state index contributed by atoms with van der Waals surface area (Å²) in [6.45, 7) is 0.618. The molecule has 12 heavy (non-hydrogen) atoms. The lowest BCUT2D eigenvalue weighted by Gasteiger charge is -2.03. The van der Waals surface area contributed by atoms with E-state index in [9.17, 15) is 4.79 Å². The van der Waals surface area contributed by atoms with Gasteiger partial charge in [0.2, 0.25) is 0 Å². The Hall–Kier alpha value is -1.26. The van der Waals surface area contributed by atoms with E-state index in [-0.39, 0.29) is 6.04 Å². The summed E-state index contributed by atoms with van der Waals surface area (Å²) in [4.78, 5) is 12.8. The molecule has 0 saturated carbocycles. The minimum absolute atomic E-state index is 0.382. The van der Waals surface area contributed by atoms with E-state index < -0.39 is 0 Å². The highest BCUT2D eigenvalue weighted by Crippen LogP contribution is 1.97. The van der Waals surface area contributed by atoms with E-state index in [1.807, 2.05) is 0 Å². The van der Waals surface area contributed by atoms with Crippen LogP contribution in [0.5, 0.6) is 0 Å². The maximum atomic E-state index is 10.3. The van der Waals surface area contributed by atoms with Crippen LogP contribution in [0.1, 0.15) is 19.3 Å². The normalized spacial score (nSPS) is 11.4. The lowest BCUT2D eigenvalue weighted by Crippen LogP contribution is -2.25. The number of hydrogen-bond donors (Lipinski definition) is 2. The fourth-order valence-corrected chi connectivity index (χ4v) is 0.772. The molecule has 0 radical (unpaired) electrons. The minimum atomic E-state index is -0.382. The predicted octanol–water partition coefficient (Wildman–Crippen LogP) is 0.498. The van der Waals surface area contributed by atoms with E-state index in [4.69, 9.17) is 11.3 Å². The fourth-order valence-electron chi connectivity index (χ4n) is 0.772. The SMILES string of the molecule is [N-]=[N+]=NN[C@H](C=O)CCCCN. The third kappa shape index (κ3) is 5.52. The van der Waals surface area contributed by atoms with Gasteiger partial charge in [-0.2, -0.15) is 4.91 Å². The Balaban J connectivity index is 3.52. The number of nitrogens with zero attached hydrogens (tertiary/aromatic N) is 3. The molecule has 0 aromatic rings. The zero-order valence-electron chi connectivity index (χ0n) is 6.81. The van der Waals surface area contributed by atoms with Crippen molar-refractivity contribution in [3.8, 4) is 0 Å². The summed E-state index contributed by atoms with van der Waals surface area (Å²) in [6.07, 6.45) is 3.11. The van der Waals surface area contributed by atoms with Crippen molar-refractivity contribution in [3.63, 3.8) is 0 Å². The third-order valence-electron chi connectivity index (χ3n) is 1.40. The molecule has 0 saturated heterocycles. The zero-order valence-corrected chi connectivity index (χ0v) is 6.81. The van der Waals surface area contributed by atoms with Crippen molar-refractivity contribution in [1.82, 2.24) is 5.43 Å². The molecule has 0 bridgehead atoms. The highest BCUT2D eigenvalue weighted by atomic mass is 16.1. The first-order valence-corrected chi connectivity index (χ1v) is 3.80. The Morgan fingerprint density at radius 1 is 1.67 bits per heavy atom. The van der Waals surface area contributed by atoms with Gasteiger partial charge in [0.1, 0.15) is 0 Å². The predicted molar refractivity (Wildman–Crippen MR) is 45.0 cm³/mol. The van der Waals surface area contributed by atoms with Crippen molar-refractivity contribution in [2.24, 2.45) is 11.0 Å². The summed E-state index contributed by atoms with van der Waals surface area (Å²) < 4.78 is 0. The van der Waals surface area contributed by atoms with Crippen LogP contribution in [-0.4, -0.2) is 18.9 Å². The van der Waals surface area contributed by atoms with Gasteiger partial charge < -0.3 is 5.73 Å². The summed E-state index contributed by atoms with van der Waals surface area (Å²) >= 11 is 0. The lowest BCUT2D eigenvalue weighted by atomic mass is 10.1. The molecule has 0 heterocycles. The van der Waals surface area contributed by atoms with Gasteiger partial charge in [-0.05, 0) is 31.0 Å². The monoisotopic (exact) mass is 171 g/mol. The van der Waals surface area contributed by atoms with Crippen molar-refractivity contribution >= 4 is 6.29 Å². The maximum absolute atomic E-state index is 10.3. The number of nitrogens with two attached hydrogens (primary N) is 1. The second-order valence-corrected chi connectivity index (χ2v) is 2.35. The van der Waals surface area contributed by atoms with Crippen molar-refractivity contribution in [3.05, 3.63) is 10.4 Å². The molecular weight excluding hydrogens is 158 g/mol. The highest BCUT2D eigenvalue weighted by Gasteiger charge is 2.06. The van der Waals surface area contributed by atoms with E-state index in [1.165, 1.54) is 0 Å². The van der Waals surface area contributed by atoms with Crippen LogP contribution in [0, 0.1) is 0 Å². The summed E-state index contributed by atoms with van der Waals surface area (Å²) in [5.41, 5.74) is 15.6. The van der Waals surface area contributed by atoms with Gasteiger partial charge >= 0.3 is 0 Å². The highest BCUT2D eigenvalue weighted by molar-refractivity contribution is 5.57. The number of rotatable bonds is 7.